The Balaban J connectivity index is 2.04. The van der Waals surface area contributed by atoms with Crippen molar-refractivity contribution in [2.45, 2.75) is 11.7 Å². The monoisotopic (exact) mass is 327 g/mol. The van der Waals surface area contributed by atoms with Crippen LogP contribution >= 0.6 is 23.5 Å². The van der Waals surface area contributed by atoms with E-state index in [0.29, 0.717) is 23.1 Å². The molecule has 1 aliphatic rings. The van der Waals surface area contributed by atoms with Crippen molar-refractivity contribution in [2.24, 2.45) is 0 Å². The van der Waals surface area contributed by atoms with Gasteiger partial charge in [-0.15, -0.1) is 0 Å². The first-order valence-electron chi connectivity index (χ1n) is 6.50. The summed E-state index contributed by atoms with van der Waals surface area (Å²) in [5.74, 6) is 2.36. The van der Waals surface area contributed by atoms with Crippen LogP contribution in [0.15, 0.2) is 18.2 Å². The standard InChI is InChI=1S/C14H17NO4S2/c1-19-9-2-3-12(11(6-9)14(17)18)15-13(16)7-10-8-20-4-5-21-10/h2-3,6,10H,4-5,7-8H2,1H3,(H,15,16)(H,17,18). The molecule has 1 aromatic rings. The molecule has 2 rings (SSSR count). The summed E-state index contributed by atoms with van der Waals surface area (Å²) < 4.78 is 5.00. The minimum Gasteiger partial charge on any atom is -0.497 e. The van der Waals surface area contributed by atoms with E-state index in [1.54, 1.807) is 23.9 Å². The van der Waals surface area contributed by atoms with Crippen LogP contribution in [0.4, 0.5) is 5.69 Å². The molecule has 0 radical (unpaired) electrons. The van der Waals surface area contributed by atoms with Gasteiger partial charge in [-0.05, 0) is 18.2 Å². The number of ether oxygens (including phenoxy) is 1. The third-order valence-electron chi connectivity index (χ3n) is 3.03. The molecule has 5 nitrogen and oxygen atoms in total. The number of carbonyl (C=O) groups excluding carboxylic acids is 1. The van der Waals surface area contributed by atoms with Crippen molar-refractivity contribution < 1.29 is 19.4 Å². The van der Waals surface area contributed by atoms with E-state index in [9.17, 15) is 14.7 Å². The number of hydrogen-bond acceptors (Lipinski definition) is 5. The summed E-state index contributed by atoms with van der Waals surface area (Å²) >= 11 is 3.65. The maximum Gasteiger partial charge on any atom is 0.337 e. The molecule has 1 aliphatic heterocycles. The van der Waals surface area contributed by atoms with Crippen LogP contribution < -0.4 is 10.1 Å². The molecule has 1 fully saturated rings. The minimum absolute atomic E-state index is 0.0355. The Bertz CT molecular complexity index is 530. The van der Waals surface area contributed by atoms with Crippen LogP contribution in [-0.4, -0.2) is 46.6 Å². The highest BCUT2D eigenvalue weighted by atomic mass is 32.2. The van der Waals surface area contributed by atoms with E-state index >= 15 is 0 Å². The summed E-state index contributed by atoms with van der Waals surface area (Å²) in [5.41, 5.74) is 0.343. The van der Waals surface area contributed by atoms with Gasteiger partial charge in [0.05, 0.1) is 18.4 Å². The highest BCUT2D eigenvalue weighted by Crippen LogP contribution is 2.27. The molecule has 0 spiro atoms. The van der Waals surface area contributed by atoms with E-state index in [1.165, 1.54) is 13.2 Å². The van der Waals surface area contributed by atoms with Crippen molar-refractivity contribution in [3.05, 3.63) is 23.8 Å². The lowest BCUT2D eigenvalue weighted by atomic mass is 10.1. The van der Waals surface area contributed by atoms with Gasteiger partial charge < -0.3 is 15.2 Å². The number of rotatable bonds is 5. The van der Waals surface area contributed by atoms with Crippen molar-refractivity contribution in [2.75, 3.05) is 29.7 Å². The highest BCUT2D eigenvalue weighted by molar-refractivity contribution is 8.06. The van der Waals surface area contributed by atoms with Crippen molar-refractivity contribution in [1.29, 1.82) is 0 Å². The fourth-order valence-electron chi connectivity index (χ4n) is 2.00. The zero-order valence-electron chi connectivity index (χ0n) is 11.6. The van der Waals surface area contributed by atoms with Crippen LogP contribution in [0.25, 0.3) is 0 Å². The van der Waals surface area contributed by atoms with Gasteiger partial charge in [0.2, 0.25) is 5.91 Å². The van der Waals surface area contributed by atoms with Crippen LogP contribution in [0.2, 0.25) is 0 Å². The fourth-order valence-corrected chi connectivity index (χ4v) is 4.68. The van der Waals surface area contributed by atoms with Crippen LogP contribution in [0.1, 0.15) is 16.8 Å². The summed E-state index contributed by atoms with van der Waals surface area (Å²) in [6.45, 7) is 0. The number of carboxylic acid groups (broad SMARTS) is 1. The smallest absolute Gasteiger partial charge is 0.337 e. The van der Waals surface area contributed by atoms with E-state index in [0.717, 1.165) is 17.3 Å². The first kappa shape index (κ1) is 16.0. The van der Waals surface area contributed by atoms with Crippen molar-refractivity contribution in [3.8, 4) is 5.75 Å². The van der Waals surface area contributed by atoms with E-state index < -0.39 is 5.97 Å². The van der Waals surface area contributed by atoms with Crippen molar-refractivity contribution in [3.63, 3.8) is 0 Å². The number of amides is 1. The molecule has 114 valence electrons. The number of hydrogen-bond donors (Lipinski definition) is 2. The lowest BCUT2D eigenvalue weighted by molar-refractivity contribution is -0.116. The van der Waals surface area contributed by atoms with Gasteiger partial charge in [0.25, 0.3) is 0 Å². The molecule has 7 heteroatoms. The van der Waals surface area contributed by atoms with Gasteiger partial charge >= 0.3 is 5.97 Å². The third-order valence-corrected chi connectivity index (χ3v) is 5.87. The van der Waals surface area contributed by atoms with Crippen LogP contribution in [0, 0.1) is 0 Å². The number of anilines is 1. The van der Waals surface area contributed by atoms with Gasteiger partial charge in [0.1, 0.15) is 5.75 Å². The quantitative estimate of drug-likeness (QED) is 0.866. The molecule has 0 bridgehead atoms. The molecule has 1 saturated heterocycles. The number of carbonyl (C=O) groups is 2. The number of aromatic carboxylic acids is 1. The first-order valence-corrected chi connectivity index (χ1v) is 8.71. The summed E-state index contributed by atoms with van der Waals surface area (Å²) in [7, 11) is 1.47. The lowest BCUT2D eigenvalue weighted by Crippen LogP contribution is -2.23. The summed E-state index contributed by atoms with van der Waals surface area (Å²) in [4.78, 5) is 23.3. The molecule has 2 N–H and O–H groups in total. The Hall–Kier alpha value is -1.34. The summed E-state index contributed by atoms with van der Waals surface area (Å²) in [6, 6.07) is 4.60. The van der Waals surface area contributed by atoms with Gasteiger partial charge in [-0.1, -0.05) is 0 Å². The normalized spacial score (nSPS) is 18.0. The Morgan fingerprint density at radius 3 is 2.86 bits per heavy atom. The number of nitrogens with one attached hydrogen (secondary N) is 1. The fraction of sp³-hybridized carbons (Fsp3) is 0.429. The van der Waals surface area contributed by atoms with Gasteiger partial charge in [-0.2, -0.15) is 23.5 Å². The highest BCUT2D eigenvalue weighted by Gasteiger charge is 2.19. The predicted octanol–water partition coefficient (Wildman–Crippen LogP) is 2.57. The second kappa shape index (κ2) is 7.61. The molecule has 0 aromatic heterocycles. The first-order chi connectivity index (χ1) is 10.1. The minimum atomic E-state index is -1.09. The van der Waals surface area contributed by atoms with Gasteiger partial charge in [0, 0.05) is 28.9 Å². The predicted molar refractivity (Wildman–Crippen MR) is 86.8 cm³/mol. The van der Waals surface area contributed by atoms with E-state index in [-0.39, 0.29) is 11.5 Å². The van der Waals surface area contributed by atoms with E-state index in [2.05, 4.69) is 5.32 Å². The zero-order valence-corrected chi connectivity index (χ0v) is 13.3. The molecule has 0 saturated carbocycles. The molecule has 21 heavy (non-hydrogen) atoms. The van der Waals surface area contributed by atoms with Gasteiger partial charge in [-0.3, -0.25) is 4.79 Å². The Labute approximate surface area is 131 Å². The second-order valence-corrected chi connectivity index (χ2v) is 7.09. The van der Waals surface area contributed by atoms with Crippen molar-refractivity contribution in [1.82, 2.24) is 0 Å². The maximum atomic E-state index is 12.1. The number of benzene rings is 1. The average molecular weight is 327 g/mol. The molecule has 1 unspecified atom stereocenters. The largest absolute Gasteiger partial charge is 0.497 e. The molecular weight excluding hydrogens is 310 g/mol. The van der Waals surface area contributed by atoms with Gasteiger partial charge in [-0.25, -0.2) is 4.79 Å². The molecular formula is C14H17NO4S2. The molecule has 1 atom stereocenters. The molecule has 1 amide bonds. The average Bonchev–Trinajstić information content (AvgIpc) is 2.48. The topological polar surface area (TPSA) is 75.6 Å². The van der Waals surface area contributed by atoms with Crippen molar-refractivity contribution >= 4 is 41.1 Å². The van der Waals surface area contributed by atoms with E-state index in [1.807, 2.05) is 11.8 Å². The van der Waals surface area contributed by atoms with Crippen LogP contribution in [0.3, 0.4) is 0 Å². The Morgan fingerprint density at radius 2 is 2.24 bits per heavy atom. The molecule has 1 heterocycles. The SMILES string of the molecule is COc1ccc(NC(=O)CC2CSCCS2)c(C(=O)O)c1. The maximum absolute atomic E-state index is 12.1. The third kappa shape index (κ3) is 4.57. The second-order valence-electron chi connectivity index (χ2n) is 4.54. The van der Waals surface area contributed by atoms with Gasteiger partial charge in [0.15, 0.2) is 0 Å². The van der Waals surface area contributed by atoms with Crippen LogP contribution in [-0.2, 0) is 4.79 Å². The number of methoxy groups -OCH3 is 1. The summed E-state index contributed by atoms with van der Waals surface area (Å²) in [5, 5.41) is 12.2. The molecule has 0 aliphatic carbocycles. The molecule has 1 aromatic carbocycles. The lowest BCUT2D eigenvalue weighted by Gasteiger charge is -2.20. The Kier molecular flexibility index (Phi) is 5.81. The summed E-state index contributed by atoms with van der Waals surface area (Å²) in [6.07, 6.45) is 0.406. The van der Waals surface area contributed by atoms with E-state index in [4.69, 9.17) is 4.74 Å². The number of carboxylic acids is 1. The van der Waals surface area contributed by atoms with Crippen LogP contribution in [0.5, 0.6) is 5.75 Å². The number of thioether (sulfide) groups is 2. The zero-order chi connectivity index (χ0) is 15.2. The Morgan fingerprint density at radius 1 is 1.43 bits per heavy atom.